The normalized spacial score (nSPS) is 10.6. The van der Waals surface area contributed by atoms with E-state index in [0.717, 1.165) is 11.3 Å². The van der Waals surface area contributed by atoms with Crippen molar-refractivity contribution in [2.75, 3.05) is 5.32 Å². The third-order valence-corrected chi connectivity index (χ3v) is 4.19. The minimum atomic E-state index is -0.560. The summed E-state index contributed by atoms with van der Waals surface area (Å²) in [6, 6.07) is 26.4. The van der Waals surface area contributed by atoms with Gasteiger partial charge in [0.2, 0.25) is 11.7 Å². The summed E-state index contributed by atoms with van der Waals surface area (Å²) in [5.41, 5.74) is 1.90. The number of carbonyl (C=O) groups excluding carboxylic acids is 1. The maximum Gasteiger partial charge on any atom is 0.209 e. The number of carbonyl (C=O) groups is 1. The second kappa shape index (κ2) is 7.30. The number of furan rings is 1. The molecule has 0 aliphatic rings. The van der Waals surface area contributed by atoms with Gasteiger partial charge in [-0.2, -0.15) is 0 Å². The van der Waals surface area contributed by atoms with E-state index >= 15 is 0 Å². The molecule has 0 aliphatic heterocycles. The molecular formula is C23H16FNO2. The maximum atomic E-state index is 14.1. The van der Waals surface area contributed by atoms with Crippen LogP contribution in [0.2, 0.25) is 0 Å². The zero-order valence-electron chi connectivity index (χ0n) is 14.4. The highest BCUT2D eigenvalue weighted by Crippen LogP contribution is 2.33. The van der Waals surface area contributed by atoms with Gasteiger partial charge in [0.15, 0.2) is 0 Å². The molecule has 27 heavy (non-hydrogen) atoms. The van der Waals surface area contributed by atoms with E-state index in [2.05, 4.69) is 5.32 Å². The molecule has 0 saturated carbocycles. The first-order valence-corrected chi connectivity index (χ1v) is 8.53. The quantitative estimate of drug-likeness (QED) is 0.441. The summed E-state index contributed by atoms with van der Waals surface area (Å²) in [7, 11) is 0. The van der Waals surface area contributed by atoms with Crippen LogP contribution in [-0.4, -0.2) is 5.78 Å². The Morgan fingerprint density at radius 3 is 2.11 bits per heavy atom. The smallest absolute Gasteiger partial charge is 0.209 e. The van der Waals surface area contributed by atoms with E-state index < -0.39 is 11.6 Å². The van der Waals surface area contributed by atoms with Gasteiger partial charge in [0, 0.05) is 11.3 Å². The van der Waals surface area contributed by atoms with Crippen molar-refractivity contribution in [2.45, 2.75) is 0 Å². The second-order valence-electron chi connectivity index (χ2n) is 6.02. The predicted octanol–water partition coefficient (Wildman–Crippen LogP) is 6.06. The Hall–Kier alpha value is -3.66. The lowest BCUT2D eigenvalue weighted by Crippen LogP contribution is -2.05. The average molecular weight is 357 g/mol. The van der Waals surface area contributed by atoms with Crippen LogP contribution < -0.4 is 5.32 Å². The van der Waals surface area contributed by atoms with Crippen molar-refractivity contribution in [3.63, 3.8) is 0 Å². The number of ketones is 1. The van der Waals surface area contributed by atoms with Crippen LogP contribution in [0.4, 0.5) is 16.0 Å². The number of halogens is 1. The van der Waals surface area contributed by atoms with Crippen LogP contribution in [0.5, 0.6) is 0 Å². The summed E-state index contributed by atoms with van der Waals surface area (Å²) in [5.74, 6) is -0.171. The van der Waals surface area contributed by atoms with Gasteiger partial charge < -0.3 is 9.73 Å². The molecule has 4 aromatic rings. The summed E-state index contributed by atoms with van der Waals surface area (Å²) in [5, 5.41) is 3.12. The SMILES string of the molecule is O=C(c1ccccc1F)c1cc(-c2ccccc2)oc1Nc1ccccc1. The Labute approximate surface area is 156 Å². The monoisotopic (exact) mass is 357 g/mol. The summed E-state index contributed by atoms with van der Waals surface area (Å²) >= 11 is 0. The molecule has 3 aromatic carbocycles. The summed E-state index contributed by atoms with van der Waals surface area (Å²) in [4.78, 5) is 13.0. The fraction of sp³-hybridized carbons (Fsp3) is 0. The third-order valence-electron chi connectivity index (χ3n) is 4.19. The van der Waals surface area contributed by atoms with Gasteiger partial charge in [0.05, 0.1) is 11.1 Å². The predicted molar refractivity (Wildman–Crippen MR) is 104 cm³/mol. The first kappa shape index (κ1) is 16.8. The van der Waals surface area contributed by atoms with E-state index in [4.69, 9.17) is 4.42 Å². The van der Waals surface area contributed by atoms with Crippen molar-refractivity contribution in [2.24, 2.45) is 0 Å². The van der Waals surface area contributed by atoms with Gasteiger partial charge in [-0.25, -0.2) is 4.39 Å². The zero-order valence-corrected chi connectivity index (χ0v) is 14.4. The van der Waals surface area contributed by atoms with Crippen LogP contribution in [-0.2, 0) is 0 Å². The Kier molecular flexibility index (Phi) is 4.54. The maximum absolute atomic E-state index is 14.1. The van der Waals surface area contributed by atoms with E-state index in [9.17, 15) is 9.18 Å². The zero-order chi connectivity index (χ0) is 18.6. The van der Waals surface area contributed by atoms with Crippen LogP contribution in [0.15, 0.2) is 95.4 Å². The minimum absolute atomic E-state index is 0.00835. The fourth-order valence-electron chi connectivity index (χ4n) is 2.84. The van der Waals surface area contributed by atoms with Crippen molar-refractivity contribution < 1.29 is 13.6 Å². The van der Waals surface area contributed by atoms with Crippen LogP contribution in [0, 0.1) is 5.82 Å². The van der Waals surface area contributed by atoms with Crippen molar-refractivity contribution in [1.29, 1.82) is 0 Å². The van der Waals surface area contributed by atoms with Crippen LogP contribution in [0.3, 0.4) is 0 Å². The molecule has 4 heteroatoms. The van der Waals surface area contributed by atoms with E-state index in [1.54, 1.807) is 18.2 Å². The number of hydrogen-bond acceptors (Lipinski definition) is 3. The molecule has 0 spiro atoms. The molecule has 0 radical (unpaired) electrons. The highest BCUT2D eigenvalue weighted by atomic mass is 19.1. The van der Waals surface area contributed by atoms with Gasteiger partial charge in [-0.1, -0.05) is 60.7 Å². The summed E-state index contributed by atoms with van der Waals surface area (Å²) in [6.45, 7) is 0. The molecule has 132 valence electrons. The molecule has 0 aliphatic carbocycles. The standard InChI is InChI=1S/C23H16FNO2/c24-20-14-8-7-13-18(20)22(26)19-15-21(16-9-3-1-4-10-16)27-23(19)25-17-11-5-2-6-12-17/h1-15,25H. The number of rotatable bonds is 5. The van der Waals surface area contributed by atoms with Gasteiger partial charge in [-0.05, 0) is 30.3 Å². The molecule has 3 nitrogen and oxygen atoms in total. The van der Waals surface area contributed by atoms with Crippen LogP contribution >= 0.6 is 0 Å². The van der Waals surface area contributed by atoms with Crippen LogP contribution in [0.25, 0.3) is 11.3 Å². The second-order valence-corrected chi connectivity index (χ2v) is 6.02. The molecule has 1 heterocycles. The van der Waals surface area contributed by atoms with Crippen molar-refractivity contribution in [1.82, 2.24) is 0 Å². The van der Waals surface area contributed by atoms with Crippen molar-refractivity contribution >= 4 is 17.4 Å². The number of benzene rings is 3. The van der Waals surface area contributed by atoms with Crippen molar-refractivity contribution in [3.05, 3.63) is 108 Å². The Morgan fingerprint density at radius 1 is 0.778 bits per heavy atom. The lowest BCUT2D eigenvalue weighted by molar-refractivity contribution is 0.103. The third kappa shape index (κ3) is 3.51. The average Bonchev–Trinajstić information content (AvgIpc) is 3.13. The summed E-state index contributed by atoms with van der Waals surface area (Å²) in [6.07, 6.45) is 0. The van der Waals surface area contributed by atoms with Crippen molar-refractivity contribution in [3.8, 4) is 11.3 Å². The first-order chi connectivity index (χ1) is 13.2. The number of hydrogen-bond donors (Lipinski definition) is 1. The van der Waals surface area contributed by atoms with E-state index in [-0.39, 0.29) is 17.0 Å². The van der Waals surface area contributed by atoms with Gasteiger partial charge in [0.1, 0.15) is 11.6 Å². The molecular weight excluding hydrogens is 341 g/mol. The molecule has 0 fully saturated rings. The van der Waals surface area contributed by atoms with Gasteiger partial charge in [-0.15, -0.1) is 0 Å². The molecule has 4 rings (SSSR count). The number of para-hydroxylation sites is 1. The van der Waals surface area contributed by atoms with E-state index in [1.807, 2.05) is 60.7 Å². The molecule has 0 amide bonds. The molecule has 0 atom stereocenters. The van der Waals surface area contributed by atoms with E-state index in [1.165, 1.54) is 12.1 Å². The van der Waals surface area contributed by atoms with E-state index in [0.29, 0.717) is 5.76 Å². The molecule has 0 saturated heterocycles. The Morgan fingerprint density at radius 2 is 1.41 bits per heavy atom. The molecule has 1 N–H and O–H groups in total. The topological polar surface area (TPSA) is 42.2 Å². The Bertz CT molecular complexity index is 1070. The molecule has 1 aromatic heterocycles. The Balaban J connectivity index is 1.80. The van der Waals surface area contributed by atoms with Gasteiger partial charge in [-0.3, -0.25) is 4.79 Å². The largest absolute Gasteiger partial charge is 0.440 e. The summed E-state index contributed by atoms with van der Waals surface area (Å²) < 4.78 is 20.1. The van der Waals surface area contributed by atoms with Gasteiger partial charge in [0.25, 0.3) is 0 Å². The number of anilines is 2. The highest BCUT2D eigenvalue weighted by molar-refractivity contribution is 6.12. The van der Waals surface area contributed by atoms with Crippen LogP contribution in [0.1, 0.15) is 15.9 Å². The molecule has 0 unspecified atom stereocenters. The lowest BCUT2D eigenvalue weighted by Gasteiger charge is -2.06. The first-order valence-electron chi connectivity index (χ1n) is 8.53. The molecule has 0 bridgehead atoms. The highest BCUT2D eigenvalue weighted by Gasteiger charge is 2.22. The fourth-order valence-corrected chi connectivity index (χ4v) is 2.84. The number of nitrogens with one attached hydrogen (secondary N) is 1. The van der Waals surface area contributed by atoms with Gasteiger partial charge >= 0.3 is 0 Å². The lowest BCUT2D eigenvalue weighted by atomic mass is 10.0. The minimum Gasteiger partial charge on any atom is -0.440 e.